The van der Waals surface area contributed by atoms with Gasteiger partial charge in [0.2, 0.25) is 0 Å². The van der Waals surface area contributed by atoms with Gasteiger partial charge in [-0.05, 0) is 24.3 Å². The van der Waals surface area contributed by atoms with Crippen molar-refractivity contribution in [2.24, 2.45) is 0 Å². The minimum atomic E-state index is -4.82. The van der Waals surface area contributed by atoms with E-state index in [-0.39, 0.29) is 10.7 Å². The topological polar surface area (TPSA) is 64.2 Å². The SMILES string of the molecule is COC(=O)c1cc(-c2ccc(OC(F)(F)F)c(Cl)c2)n[nH]1. The zero-order valence-corrected chi connectivity index (χ0v) is 11.2. The van der Waals surface area contributed by atoms with Crippen molar-refractivity contribution in [3.63, 3.8) is 0 Å². The number of nitrogens with one attached hydrogen (secondary N) is 1. The molecule has 1 heterocycles. The second-order valence-electron chi connectivity index (χ2n) is 3.85. The minimum Gasteiger partial charge on any atom is -0.464 e. The van der Waals surface area contributed by atoms with Crippen LogP contribution in [0.4, 0.5) is 13.2 Å². The quantitative estimate of drug-likeness (QED) is 0.880. The lowest BCUT2D eigenvalue weighted by Gasteiger charge is -2.10. The molecule has 0 aliphatic rings. The lowest BCUT2D eigenvalue weighted by Crippen LogP contribution is -2.17. The van der Waals surface area contributed by atoms with Gasteiger partial charge in [-0.15, -0.1) is 13.2 Å². The van der Waals surface area contributed by atoms with Crippen molar-refractivity contribution in [3.05, 3.63) is 35.0 Å². The number of carbonyl (C=O) groups is 1. The lowest BCUT2D eigenvalue weighted by molar-refractivity contribution is -0.274. The number of rotatable bonds is 3. The van der Waals surface area contributed by atoms with E-state index < -0.39 is 18.1 Å². The molecule has 0 fully saturated rings. The zero-order valence-electron chi connectivity index (χ0n) is 10.5. The molecule has 2 aromatic rings. The summed E-state index contributed by atoms with van der Waals surface area (Å²) in [6, 6.07) is 5.05. The van der Waals surface area contributed by atoms with E-state index in [9.17, 15) is 18.0 Å². The molecule has 0 amide bonds. The molecule has 0 bridgehead atoms. The fraction of sp³-hybridized carbons (Fsp3) is 0.167. The van der Waals surface area contributed by atoms with E-state index in [1.807, 2.05) is 0 Å². The number of benzene rings is 1. The summed E-state index contributed by atoms with van der Waals surface area (Å²) in [5.41, 5.74) is 0.857. The Hall–Kier alpha value is -2.22. The van der Waals surface area contributed by atoms with Crippen LogP contribution in [-0.2, 0) is 4.74 Å². The van der Waals surface area contributed by atoms with Crippen LogP contribution in [0, 0.1) is 0 Å². The number of aromatic amines is 1. The van der Waals surface area contributed by atoms with Crippen molar-refractivity contribution < 1.29 is 27.4 Å². The van der Waals surface area contributed by atoms with Gasteiger partial charge in [-0.25, -0.2) is 4.79 Å². The molecule has 21 heavy (non-hydrogen) atoms. The number of ether oxygens (including phenoxy) is 2. The molecule has 0 atom stereocenters. The number of aromatic nitrogens is 2. The Labute approximate surface area is 121 Å². The first kappa shape index (κ1) is 15.2. The summed E-state index contributed by atoms with van der Waals surface area (Å²) in [5, 5.41) is 6.07. The van der Waals surface area contributed by atoms with Gasteiger partial charge in [0.1, 0.15) is 11.4 Å². The summed E-state index contributed by atoms with van der Waals surface area (Å²) in [6.07, 6.45) is -4.82. The Morgan fingerprint density at radius 3 is 2.62 bits per heavy atom. The molecular formula is C12H8ClF3N2O3. The van der Waals surface area contributed by atoms with Crippen molar-refractivity contribution in [3.8, 4) is 17.0 Å². The average Bonchev–Trinajstić information content (AvgIpc) is 2.88. The summed E-state index contributed by atoms with van der Waals surface area (Å²) in [7, 11) is 1.21. The molecule has 0 saturated heterocycles. The van der Waals surface area contributed by atoms with E-state index in [0.717, 1.165) is 6.07 Å². The third kappa shape index (κ3) is 3.66. The molecule has 1 aromatic carbocycles. The van der Waals surface area contributed by atoms with E-state index in [0.29, 0.717) is 11.3 Å². The van der Waals surface area contributed by atoms with Crippen LogP contribution in [0.2, 0.25) is 5.02 Å². The van der Waals surface area contributed by atoms with Crippen LogP contribution < -0.4 is 4.74 Å². The second kappa shape index (κ2) is 5.65. The van der Waals surface area contributed by atoms with Crippen LogP contribution in [0.1, 0.15) is 10.5 Å². The Bertz CT molecular complexity index is 670. The highest BCUT2D eigenvalue weighted by Crippen LogP contribution is 2.33. The zero-order chi connectivity index (χ0) is 15.6. The summed E-state index contributed by atoms with van der Waals surface area (Å²) >= 11 is 5.73. The third-order valence-electron chi connectivity index (χ3n) is 2.44. The molecular weight excluding hydrogens is 313 g/mol. The summed E-state index contributed by atoms with van der Waals surface area (Å²) in [4.78, 5) is 11.3. The highest BCUT2D eigenvalue weighted by Gasteiger charge is 2.32. The minimum absolute atomic E-state index is 0.110. The standard InChI is InChI=1S/C12H8ClF3N2O3/c1-20-11(19)9-5-8(17-18-9)6-2-3-10(7(13)4-6)21-12(14,15)16/h2-5H,1H3,(H,17,18). The van der Waals surface area contributed by atoms with Crippen molar-refractivity contribution in [2.45, 2.75) is 6.36 Å². The molecule has 0 aliphatic carbocycles. The van der Waals surface area contributed by atoms with Crippen molar-refractivity contribution in [2.75, 3.05) is 7.11 Å². The van der Waals surface area contributed by atoms with Gasteiger partial charge < -0.3 is 9.47 Å². The summed E-state index contributed by atoms with van der Waals surface area (Å²) in [5.74, 6) is -1.13. The van der Waals surface area contributed by atoms with Crippen LogP contribution >= 0.6 is 11.6 Å². The Balaban J connectivity index is 2.28. The first-order valence-corrected chi connectivity index (χ1v) is 5.87. The average molecular weight is 321 g/mol. The first-order valence-electron chi connectivity index (χ1n) is 5.49. The van der Waals surface area contributed by atoms with Gasteiger partial charge in [0.15, 0.2) is 0 Å². The highest BCUT2D eigenvalue weighted by atomic mass is 35.5. The van der Waals surface area contributed by atoms with E-state index >= 15 is 0 Å². The van der Waals surface area contributed by atoms with Gasteiger partial charge in [0.05, 0.1) is 17.8 Å². The molecule has 0 unspecified atom stereocenters. The Morgan fingerprint density at radius 2 is 2.05 bits per heavy atom. The Kier molecular flexibility index (Phi) is 4.08. The van der Waals surface area contributed by atoms with Crippen molar-refractivity contribution in [1.82, 2.24) is 10.2 Å². The van der Waals surface area contributed by atoms with E-state index in [4.69, 9.17) is 11.6 Å². The number of halogens is 4. The monoisotopic (exact) mass is 320 g/mol. The number of alkyl halides is 3. The predicted molar refractivity (Wildman–Crippen MR) is 67.1 cm³/mol. The van der Waals surface area contributed by atoms with Gasteiger partial charge in [-0.1, -0.05) is 11.6 Å². The molecule has 1 N–H and O–H groups in total. The molecule has 0 radical (unpaired) electrons. The molecule has 112 valence electrons. The number of hydrogen-bond donors (Lipinski definition) is 1. The maximum atomic E-state index is 12.1. The van der Waals surface area contributed by atoms with Crippen LogP contribution in [0.15, 0.2) is 24.3 Å². The number of carbonyl (C=O) groups excluding carboxylic acids is 1. The molecule has 0 aliphatic heterocycles. The van der Waals surface area contributed by atoms with E-state index in [1.54, 1.807) is 0 Å². The van der Waals surface area contributed by atoms with Gasteiger partial charge in [0.25, 0.3) is 0 Å². The number of methoxy groups -OCH3 is 1. The third-order valence-corrected chi connectivity index (χ3v) is 2.73. The van der Waals surface area contributed by atoms with Crippen molar-refractivity contribution in [1.29, 1.82) is 0 Å². The van der Waals surface area contributed by atoms with Crippen LogP contribution in [0.5, 0.6) is 5.75 Å². The van der Waals surface area contributed by atoms with Gasteiger partial charge >= 0.3 is 12.3 Å². The maximum Gasteiger partial charge on any atom is 0.573 e. The van der Waals surface area contributed by atoms with Gasteiger partial charge in [-0.3, -0.25) is 5.10 Å². The predicted octanol–water partition coefficient (Wildman–Crippen LogP) is 3.42. The summed E-state index contributed by atoms with van der Waals surface area (Å²) in [6.45, 7) is 0. The number of hydrogen-bond acceptors (Lipinski definition) is 4. The number of H-pyrrole nitrogens is 1. The number of nitrogens with zero attached hydrogens (tertiary/aromatic N) is 1. The second-order valence-corrected chi connectivity index (χ2v) is 4.26. The van der Waals surface area contributed by atoms with Crippen LogP contribution in [0.3, 0.4) is 0 Å². The molecule has 1 aromatic heterocycles. The summed E-state index contributed by atoms with van der Waals surface area (Å²) < 4.78 is 44.6. The molecule has 0 saturated carbocycles. The normalized spacial score (nSPS) is 11.3. The maximum absolute atomic E-state index is 12.1. The number of esters is 1. The van der Waals surface area contributed by atoms with Gasteiger partial charge in [-0.2, -0.15) is 5.10 Å². The van der Waals surface area contributed by atoms with Gasteiger partial charge in [0, 0.05) is 5.56 Å². The lowest BCUT2D eigenvalue weighted by atomic mass is 10.1. The molecule has 9 heteroatoms. The Morgan fingerprint density at radius 1 is 1.33 bits per heavy atom. The van der Waals surface area contributed by atoms with Crippen LogP contribution in [0.25, 0.3) is 11.3 Å². The highest BCUT2D eigenvalue weighted by molar-refractivity contribution is 6.32. The fourth-order valence-electron chi connectivity index (χ4n) is 1.55. The largest absolute Gasteiger partial charge is 0.573 e. The van der Waals surface area contributed by atoms with Crippen LogP contribution in [-0.4, -0.2) is 29.6 Å². The first-order chi connectivity index (χ1) is 9.80. The molecule has 5 nitrogen and oxygen atoms in total. The van der Waals surface area contributed by atoms with Crippen molar-refractivity contribution >= 4 is 17.6 Å². The van der Waals surface area contributed by atoms with E-state index in [1.165, 1.54) is 25.3 Å². The fourth-order valence-corrected chi connectivity index (χ4v) is 1.77. The molecule has 2 rings (SSSR count). The van der Waals surface area contributed by atoms with E-state index in [2.05, 4.69) is 19.7 Å². The smallest absolute Gasteiger partial charge is 0.464 e. The molecule has 0 spiro atoms.